The van der Waals surface area contributed by atoms with Crippen LogP contribution >= 0.6 is 34.8 Å². The average molecular weight is 559 g/mol. The second-order valence-electron chi connectivity index (χ2n) is 11.9. The third-order valence-corrected chi connectivity index (χ3v) is 8.07. The molecule has 0 radical (unpaired) electrons. The highest BCUT2D eigenvalue weighted by molar-refractivity contribution is 6.35. The summed E-state index contributed by atoms with van der Waals surface area (Å²) >= 11 is 19.4. The fraction of sp³-hybridized carbons (Fsp3) is 0.400. The standard InChI is InChI=1S/C30H30Cl3NO3/c1-29(2)11-21-26(23(35)13-29)25(27-22(34-21)12-30(3,4)14-24(27)36)19-9-18(32)10-20(33)28(19)37-15-16-6-5-7-17(31)8-16/h5-10,25,34H,11-15H2,1-4H3. The largest absolute Gasteiger partial charge is 0.487 e. The second-order valence-corrected chi connectivity index (χ2v) is 13.2. The van der Waals surface area contributed by atoms with Gasteiger partial charge in [-0.3, -0.25) is 9.59 Å². The number of dihydropyridines is 1. The Morgan fingerprint density at radius 1 is 0.838 bits per heavy atom. The molecule has 5 rings (SSSR count). The minimum absolute atomic E-state index is 0.0322. The first-order valence-electron chi connectivity index (χ1n) is 12.5. The number of ketones is 2. The molecule has 2 aliphatic carbocycles. The molecule has 0 fully saturated rings. The normalized spacial score (nSPS) is 20.9. The Balaban J connectivity index is 1.68. The predicted molar refractivity (Wildman–Crippen MR) is 148 cm³/mol. The van der Waals surface area contributed by atoms with Gasteiger partial charge in [0.05, 0.1) is 5.02 Å². The highest BCUT2D eigenvalue weighted by Gasteiger charge is 2.47. The number of nitrogens with one attached hydrogen (secondary N) is 1. The van der Waals surface area contributed by atoms with Gasteiger partial charge in [-0.2, -0.15) is 0 Å². The van der Waals surface area contributed by atoms with Crippen LogP contribution in [0.3, 0.4) is 0 Å². The minimum atomic E-state index is -0.594. The zero-order valence-corrected chi connectivity index (χ0v) is 23.7. The van der Waals surface area contributed by atoms with Crippen molar-refractivity contribution < 1.29 is 14.3 Å². The number of ether oxygens (including phenoxy) is 1. The molecule has 1 aliphatic heterocycles. The van der Waals surface area contributed by atoms with Crippen LogP contribution in [-0.2, 0) is 16.2 Å². The van der Waals surface area contributed by atoms with E-state index in [-0.39, 0.29) is 29.0 Å². The summed E-state index contributed by atoms with van der Waals surface area (Å²) in [6.07, 6.45) is 2.23. The van der Waals surface area contributed by atoms with E-state index >= 15 is 0 Å². The lowest BCUT2D eigenvalue weighted by Crippen LogP contribution is -2.42. The van der Waals surface area contributed by atoms with Crippen molar-refractivity contribution in [3.63, 3.8) is 0 Å². The van der Waals surface area contributed by atoms with Crippen LogP contribution in [0.15, 0.2) is 58.9 Å². The van der Waals surface area contributed by atoms with Crippen molar-refractivity contribution in [1.82, 2.24) is 5.32 Å². The molecule has 3 aliphatic rings. The fourth-order valence-corrected chi connectivity index (χ4v) is 6.71. The zero-order chi connectivity index (χ0) is 26.7. The maximum absolute atomic E-state index is 13.7. The Kier molecular flexibility index (Phi) is 6.75. The predicted octanol–water partition coefficient (Wildman–Crippen LogP) is 8.20. The van der Waals surface area contributed by atoms with Gasteiger partial charge in [0.1, 0.15) is 12.4 Å². The van der Waals surface area contributed by atoms with Gasteiger partial charge in [0.15, 0.2) is 11.6 Å². The molecular formula is C30H30Cl3NO3. The molecule has 2 aromatic carbocycles. The number of allylic oxidation sites excluding steroid dienone is 4. The van der Waals surface area contributed by atoms with Crippen molar-refractivity contribution >= 4 is 46.4 Å². The molecule has 4 nitrogen and oxygen atoms in total. The average Bonchev–Trinajstić information content (AvgIpc) is 2.75. The Bertz CT molecular complexity index is 1330. The van der Waals surface area contributed by atoms with Gasteiger partial charge in [-0.05, 0) is 53.5 Å². The molecule has 2 aromatic rings. The second kappa shape index (κ2) is 9.48. The molecule has 1 N–H and O–H groups in total. The van der Waals surface area contributed by atoms with Crippen molar-refractivity contribution in [3.05, 3.63) is 85.1 Å². The van der Waals surface area contributed by atoms with Crippen molar-refractivity contribution in [2.24, 2.45) is 10.8 Å². The van der Waals surface area contributed by atoms with Gasteiger partial charge >= 0.3 is 0 Å². The molecule has 1 heterocycles. The first kappa shape index (κ1) is 26.3. The van der Waals surface area contributed by atoms with E-state index in [9.17, 15) is 9.59 Å². The van der Waals surface area contributed by atoms with Gasteiger partial charge in [0, 0.05) is 56.9 Å². The fourth-order valence-electron chi connectivity index (χ4n) is 5.93. The van der Waals surface area contributed by atoms with Gasteiger partial charge < -0.3 is 10.1 Å². The summed E-state index contributed by atoms with van der Waals surface area (Å²) in [5.74, 6) is -0.106. The number of Topliss-reactive ketones (excluding diaryl/α,β-unsaturated/α-hetero) is 2. The molecule has 0 aromatic heterocycles. The van der Waals surface area contributed by atoms with E-state index in [1.54, 1.807) is 18.2 Å². The van der Waals surface area contributed by atoms with E-state index in [2.05, 4.69) is 33.0 Å². The van der Waals surface area contributed by atoms with Gasteiger partial charge in [-0.25, -0.2) is 0 Å². The van der Waals surface area contributed by atoms with Crippen LogP contribution in [0.25, 0.3) is 0 Å². The molecular weight excluding hydrogens is 529 g/mol. The summed E-state index contributed by atoms with van der Waals surface area (Å²) in [5.41, 5.74) is 4.16. The number of hydrogen-bond donors (Lipinski definition) is 1. The molecule has 37 heavy (non-hydrogen) atoms. The van der Waals surface area contributed by atoms with E-state index in [0.717, 1.165) is 17.0 Å². The van der Waals surface area contributed by atoms with Gasteiger partial charge in [-0.15, -0.1) is 0 Å². The number of halogens is 3. The number of benzene rings is 2. The molecule has 0 saturated heterocycles. The number of rotatable bonds is 4. The van der Waals surface area contributed by atoms with E-state index in [1.165, 1.54) is 0 Å². The van der Waals surface area contributed by atoms with Crippen LogP contribution in [0, 0.1) is 10.8 Å². The maximum Gasteiger partial charge on any atom is 0.162 e. The van der Waals surface area contributed by atoms with Gasteiger partial charge in [-0.1, -0.05) is 74.6 Å². The number of carbonyl (C=O) groups excluding carboxylic acids is 2. The van der Waals surface area contributed by atoms with E-state index in [0.29, 0.717) is 63.2 Å². The molecule has 0 bridgehead atoms. The monoisotopic (exact) mass is 557 g/mol. The van der Waals surface area contributed by atoms with E-state index < -0.39 is 5.92 Å². The molecule has 0 amide bonds. The minimum Gasteiger partial charge on any atom is -0.487 e. The number of hydrogen-bond acceptors (Lipinski definition) is 4. The first-order valence-corrected chi connectivity index (χ1v) is 13.6. The van der Waals surface area contributed by atoms with E-state index in [1.807, 2.05) is 18.2 Å². The van der Waals surface area contributed by atoms with Crippen molar-refractivity contribution in [2.75, 3.05) is 0 Å². The first-order chi connectivity index (χ1) is 17.3. The van der Waals surface area contributed by atoms with Crippen LogP contribution in [0.2, 0.25) is 15.1 Å². The SMILES string of the molecule is CC1(C)CC(=O)C2=C(C1)NC1=C(C(=O)CC(C)(C)C1)C2c1cc(Cl)cc(Cl)c1OCc1cccc(Cl)c1. The third kappa shape index (κ3) is 5.21. The Morgan fingerprint density at radius 3 is 2.00 bits per heavy atom. The summed E-state index contributed by atoms with van der Waals surface area (Å²) in [6.45, 7) is 8.61. The van der Waals surface area contributed by atoms with Crippen LogP contribution in [0.1, 0.15) is 70.4 Å². The molecule has 0 saturated carbocycles. The molecule has 0 atom stereocenters. The lowest BCUT2D eigenvalue weighted by Gasteiger charge is -2.44. The van der Waals surface area contributed by atoms with Crippen LogP contribution in [0.4, 0.5) is 0 Å². The Labute approximate surface area is 233 Å². The van der Waals surface area contributed by atoms with Crippen LogP contribution in [-0.4, -0.2) is 11.6 Å². The molecule has 194 valence electrons. The molecule has 0 unspecified atom stereocenters. The third-order valence-electron chi connectivity index (χ3n) is 7.34. The summed E-state index contributed by atoms with van der Waals surface area (Å²) < 4.78 is 6.29. The van der Waals surface area contributed by atoms with Gasteiger partial charge in [0.25, 0.3) is 0 Å². The van der Waals surface area contributed by atoms with Gasteiger partial charge in [0.2, 0.25) is 0 Å². The summed E-state index contributed by atoms with van der Waals surface area (Å²) in [4.78, 5) is 27.4. The maximum atomic E-state index is 13.7. The highest BCUT2D eigenvalue weighted by Crippen LogP contribution is 2.53. The Hall–Kier alpha value is -2.27. The smallest absolute Gasteiger partial charge is 0.162 e. The number of carbonyl (C=O) groups is 2. The lowest BCUT2D eigenvalue weighted by atomic mass is 9.64. The van der Waals surface area contributed by atoms with Crippen LogP contribution < -0.4 is 10.1 Å². The topological polar surface area (TPSA) is 55.4 Å². The lowest BCUT2D eigenvalue weighted by molar-refractivity contribution is -0.119. The van der Waals surface area contributed by atoms with Crippen LogP contribution in [0.5, 0.6) is 5.75 Å². The van der Waals surface area contributed by atoms with E-state index in [4.69, 9.17) is 39.5 Å². The summed E-state index contributed by atoms with van der Waals surface area (Å²) in [6, 6.07) is 10.8. The molecule has 7 heteroatoms. The van der Waals surface area contributed by atoms with Crippen molar-refractivity contribution in [3.8, 4) is 5.75 Å². The van der Waals surface area contributed by atoms with Crippen molar-refractivity contribution in [1.29, 1.82) is 0 Å². The summed E-state index contributed by atoms with van der Waals surface area (Å²) in [7, 11) is 0. The quantitative estimate of drug-likeness (QED) is 0.411. The Morgan fingerprint density at radius 2 is 1.43 bits per heavy atom. The molecule has 0 spiro atoms. The highest BCUT2D eigenvalue weighted by atomic mass is 35.5. The van der Waals surface area contributed by atoms with Crippen molar-refractivity contribution in [2.45, 2.75) is 65.9 Å². The summed E-state index contributed by atoms with van der Waals surface area (Å²) in [5, 5.41) is 4.90. The zero-order valence-electron chi connectivity index (χ0n) is 21.4.